The lowest BCUT2D eigenvalue weighted by atomic mass is 10.2. The van der Waals surface area contributed by atoms with Crippen molar-refractivity contribution in [2.45, 2.75) is 19.0 Å². The van der Waals surface area contributed by atoms with E-state index in [0.717, 1.165) is 26.1 Å². The van der Waals surface area contributed by atoms with Gasteiger partial charge >= 0.3 is 6.03 Å². The van der Waals surface area contributed by atoms with Gasteiger partial charge in [0.2, 0.25) is 0 Å². The van der Waals surface area contributed by atoms with E-state index in [2.05, 4.69) is 27.7 Å². The number of carbonyl (C=O) groups excluding carboxylic acids is 1. The van der Waals surface area contributed by atoms with E-state index in [1.807, 2.05) is 18.2 Å². The number of urea groups is 1. The van der Waals surface area contributed by atoms with E-state index < -0.39 is 0 Å². The second kappa shape index (κ2) is 7.24. The molecule has 2 amide bonds. The number of hydrogen-bond acceptors (Lipinski definition) is 2. The Balaban J connectivity index is 1.46. The number of anilines is 1. The normalized spacial score (nSPS) is 17.9. The third-order valence-corrected chi connectivity index (χ3v) is 3.96. The molecule has 23 heavy (non-hydrogen) atoms. The Labute approximate surface area is 135 Å². The highest BCUT2D eigenvalue weighted by molar-refractivity contribution is 5.89. The van der Waals surface area contributed by atoms with Crippen LogP contribution in [0.4, 0.5) is 14.9 Å². The van der Waals surface area contributed by atoms with Gasteiger partial charge < -0.3 is 10.6 Å². The number of likely N-dealkylation sites (tertiary alicyclic amines) is 1. The average Bonchev–Trinajstić information content (AvgIpc) is 2.97. The van der Waals surface area contributed by atoms with Crippen LogP contribution in [-0.2, 0) is 6.54 Å². The topological polar surface area (TPSA) is 44.4 Å². The number of carbonyl (C=O) groups is 1. The number of halogens is 1. The maximum Gasteiger partial charge on any atom is 0.319 e. The van der Waals surface area contributed by atoms with Gasteiger partial charge in [0.05, 0.1) is 0 Å². The van der Waals surface area contributed by atoms with Crippen molar-refractivity contribution in [2.75, 3.05) is 18.4 Å². The fourth-order valence-corrected chi connectivity index (χ4v) is 2.82. The van der Waals surface area contributed by atoms with Gasteiger partial charge in [0.25, 0.3) is 0 Å². The lowest BCUT2D eigenvalue weighted by molar-refractivity contribution is 0.247. The van der Waals surface area contributed by atoms with Crippen LogP contribution in [0.3, 0.4) is 0 Å². The van der Waals surface area contributed by atoms with Gasteiger partial charge in [0.1, 0.15) is 5.82 Å². The van der Waals surface area contributed by atoms with Crippen LogP contribution < -0.4 is 10.6 Å². The smallest absolute Gasteiger partial charge is 0.319 e. The van der Waals surface area contributed by atoms with Crippen molar-refractivity contribution < 1.29 is 9.18 Å². The quantitative estimate of drug-likeness (QED) is 0.910. The summed E-state index contributed by atoms with van der Waals surface area (Å²) in [4.78, 5) is 14.3. The molecule has 1 aliphatic rings. The molecule has 1 saturated heterocycles. The first kappa shape index (κ1) is 15.5. The molecule has 0 aliphatic carbocycles. The van der Waals surface area contributed by atoms with E-state index in [-0.39, 0.29) is 17.9 Å². The van der Waals surface area contributed by atoms with E-state index in [1.165, 1.54) is 17.7 Å². The number of nitrogens with one attached hydrogen (secondary N) is 2. The third kappa shape index (κ3) is 4.53. The van der Waals surface area contributed by atoms with E-state index in [9.17, 15) is 9.18 Å². The lowest BCUT2D eigenvalue weighted by Crippen LogP contribution is -2.39. The summed E-state index contributed by atoms with van der Waals surface area (Å²) in [5.74, 6) is -0.316. The molecule has 1 fully saturated rings. The van der Waals surface area contributed by atoms with Gasteiger partial charge in [0.15, 0.2) is 0 Å². The van der Waals surface area contributed by atoms with Gasteiger partial charge in [-0.3, -0.25) is 4.90 Å². The molecule has 0 spiro atoms. The molecule has 120 valence electrons. The van der Waals surface area contributed by atoms with Crippen molar-refractivity contribution in [1.82, 2.24) is 10.2 Å². The zero-order chi connectivity index (χ0) is 16.1. The Kier molecular flexibility index (Phi) is 4.88. The molecule has 5 heteroatoms. The van der Waals surface area contributed by atoms with E-state index in [4.69, 9.17) is 0 Å². The number of rotatable bonds is 4. The van der Waals surface area contributed by atoms with Crippen molar-refractivity contribution >= 4 is 11.7 Å². The number of nitrogens with zero attached hydrogens (tertiary/aromatic N) is 1. The Morgan fingerprint density at radius 3 is 2.61 bits per heavy atom. The summed E-state index contributed by atoms with van der Waals surface area (Å²) in [6, 6.07) is 16.0. The van der Waals surface area contributed by atoms with E-state index in [1.54, 1.807) is 12.1 Å². The minimum atomic E-state index is -0.316. The Bertz CT molecular complexity index is 645. The van der Waals surface area contributed by atoms with Crippen LogP contribution in [0.15, 0.2) is 54.6 Å². The van der Waals surface area contributed by atoms with Crippen molar-refractivity contribution in [3.05, 3.63) is 66.0 Å². The van der Waals surface area contributed by atoms with Gasteiger partial charge in [-0.2, -0.15) is 0 Å². The van der Waals surface area contributed by atoms with Crippen molar-refractivity contribution in [3.63, 3.8) is 0 Å². The van der Waals surface area contributed by atoms with Crippen molar-refractivity contribution in [3.8, 4) is 0 Å². The monoisotopic (exact) mass is 313 g/mol. The summed E-state index contributed by atoms with van der Waals surface area (Å²) >= 11 is 0. The molecule has 0 bridgehead atoms. The number of benzene rings is 2. The molecule has 0 aromatic heterocycles. The molecule has 0 saturated carbocycles. The van der Waals surface area contributed by atoms with E-state index >= 15 is 0 Å². The molecule has 3 rings (SSSR count). The second-order valence-corrected chi connectivity index (χ2v) is 5.81. The molecule has 2 N–H and O–H groups in total. The van der Waals surface area contributed by atoms with Gasteiger partial charge in [-0.15, -0.1) is 0 Å². The third-order valence-electron chi connectivity index (χ3n) is 3.96. The standard InChI is InChI=1S/C18H20FN3O/c19-15-6-8-16(9-7-15)20-18(23)21-17-10-11-22(13-17)12-14-4-2-1-3-5-14/h1-9,17H,10-13H2,(H2,20,21,23)/t17-/m1/s1. The van der Waals surface area contributed by atoms with Crippen LogP contribution in [0.2, 0.25) is 0 Å². The van der Waals surface area contributed by atoms with Crippen LogP contribution in [-0.4, -0.2) is 30.1 Å². The highest BCUT2D eigenvalue weighted by Crippen LogP contribution is 2.14. The van der Waals surface area contributed by atoms with Gasteiger partial charge in [0, 0.05) is 31.4 Å². The van der Waals surface area contributed by atoms with Gasteiger partial charge in [-0.1, -0.05) is 30.3 Å². The van der Waals surface area contributed by atoms with Crippen molar-refractivity contribution in [2.24, 2.45) is 0 Å². The van der Waals surface area contributed by atoms with Crippen molar-refractivity contribution in [1.29, 1.82) is 0 Å². The number of amides is 2. The fraction of sp³-hybridized carbons (Fsp3) is 0.278. The molecule has 1 atom stereocenters. The summed E-state index contributed by atoms with van der Waals surface area (Å²) in [6.45, 7) is 2.71. The largest absolute Gasteiger partial charge is 0.334 e. The zero-order valence-electron chi connectivity index (χ0n) is 12.8. The predicted molar refractivity (Wildman–Crippen MR) is 88.7 cm³/mol. The molecular formula is C18H20FN3O. The molecule has 0 radical (unpaired) electrons. The maximum atomic E-state index is 12.8. The molecule has 1 heterocycles. The minimum absolute atomic E-state index is 0.138. The zero-order valence-corrected chi connectivity index (χ0v) is 12.8. The molecule has 1 aliphatic heterocycles. The molecule has 0 unspecified atom stereocenters. The van der Waals surface area contributed by atoms with Crippen LogP contribution in [0.5, 0.6) is 0 Å². The van der Waals surface area contributed by atoms with Crippen LogP contribution in [0, 0.1) is 5.82 Å². The summed E-state index contributed by atoms with van der Waals surface area (Å²) in [5.41, 5.74) is 1.87. The van der Waals surface area contributed by atoms with Crippen LogP contribution >= 0.6 is 0 Å². The highest BCUT2D eigenvalue weighted by Gasteiger charge is 2.23. The summed E-state index contributed by atoms with van der Waals surface area (Å²) < 4.78 is 12.8. The van der Waals surface area contributed by atoms with E-state index in [0.29, 0.717) is 5.69 Å². The summed E-state index contributed by atoms with van der Waals surface area (Å²) in [5, 5.41) is 5.70. The maximum absolute atomic E-state index is 12.8. The molecular weight excluding hydrogens is 293 g/mol. The highest BCUT2D eigenvalue weighted by atomic mass is 19.1. The fourth-order valence-electron chi connectivity index (χ4n) is 2.82. The lowest BCUT2D eigenvalue weighted by Gasteiger charge is -2.17. The first-order chi connectivity index (χ1) is 11.2. The Morgan fingerprint density at radius 2 is 1.87 bits per heavy atom. The molecule has 4 nitrogen and oxygen atoms in total. The van der Waals surface area contributed by atoms with Crippen LogP contribution in [0.1, 0.15) is 12.0 Å². The molecule has 2 aromatic rings. The summed E-state index contributed by atoms with van der Waals surface area (Å²) in [6.07, 6.45) is 0.934. The minimum Gasteiger partial charge on any atom is -0.334 e. The SMILES string of the molecule is O=C(Nc1ccc(F)cc1)N[C@@H]1CCN(Cc2ccccc2)C1. The van der Waals surface area contributed by atoms with Gasteiger partial charge in [-0.05, 0) is 36.2 Å². The first-order valence-electron chi connectivity index (χ1n) is 7.78. The predicted octanol–water partition coefficient (Wildman–Crippen LogP) is 3.22. The van der Waals surface area contributed by atoms with Crippen LogP contribution in [0.25, 0.3) is 0 Å². The first-order valence-corrected chi connectivity index (χ1v) is 7.78. The second-order valence-electron chi connectivity index (χ2n) is 5.81. The Morgan fingerprint density at radius 1 is 1.13 bits per heavy atom. The van der Waals surface area contributed by atoms with Gasteiger partial charge in [-0.25, -0.2) is 9.18 Å². The summed E-state index contributed by atoms with van der Waals surface area (Å²) in [7, 11) is 0. The molecule has 2 aromatic carbocycles. The number of hydrogen-bond donors (Lipinski definition) is 2. The Hall–Kier alpha value is -2.40. The average molecular weight is 313 g/mol.